The molecule has 1 aliphatic heterocycles. The summed E-state index contributed by atoms with van der Waals surface area (Å²) >= 11 is 6.12. The maximum atomic E-state index is 13.0. The second-order valence-corrected chi connectivity index (χ2v) is 8.86. The van der Waals surface area contributed by atoms with E-state index in [-0.39, 0.29) is 28.7 Å². The number of nitrogens with one attached hydrogen (secondary N) is 1. The van der Waals surface area contributed by atoms with Crippen LogP contribution in [0.4, 0.5) is 18.9 Å². The predicted octanol–water partition coefficient (Wildman–Crippen LogP) is 4.65. The van der Waals surface area contributed by atoms with Gasteiger partial charge in [-0.1, -0.05) is 24.6 Å². The van der Waals surface area contributed by atoms with Crippen LogP contribution in [0.5, 0.6) is 5.75 Å². The topological polar surface area (TPSA) is 88.1 Å². The van der Waals surface area contributed by atoms with Gasteiger partial charge in [0.25, 0.3) is 5.91 Å². The van der Waals surface area contributed by atoms with E-state index in [9.17, 15) is 26.4 Å². The molecule has 0 aromatic heterocycles. The lowest BCUT2D eigenvalue weighted by Gasteiger charge is -2.27. The number of hydrogen-bond donors (Lipinski definition) is 1. The van der Waals surface area contributed by atoms with Crippen molar-refractivity contribution in [3.8, 4) is 5.75 Å². The number of nitrogens with zero attached hydrogens (tertiary/aromatic N) is 2. The quantitative estimate of drug-likeness (QED) is 0.624. The predicted molar refractivity (Wildman–Crippen MR) is 119 cm³/mol. The van der Waals surface area contributed by atoms with E-state index in [1.807, 2.05) is 0 Å². The molecule has 0 radical (unpaired) electrons. The van der Waals surface area contributed by atoms with Gasteiger partial charge in [-0.15, -0.1) is 4.40 Å². The minimum Gasteiger partial charge on any atom is -0.495 e. The lowest BCUT2D eigenvalue weighted by Crippen LogP contribution is -2.38. The molecule has 7 nitrogen and oxygen atoms in total. The third-order valence-electron chi connectivity index (χ3n) is 4.59. The van der Waals surface area contributed by atoms with E-state index in [0.717, 1.165) is 22.5 Å². The molecule has 1 N–H and O–H groups in total. The van der Waals surface area contributed by atoms with Crippen molar-refractivity contribution in [2.24, 2.45) is 4.40 Å². The smallest absolute Gasteiger partial charge is 0.416 e. The first-order chi connectivity index (χ1) is 15.5. The Morgan fingerprint density at radius 3 is 2.55 bits per heavy atom. The molecule has 1 aliphatic rings. The van der Waals surface area contributed by atoms with Crippen molar-refractivity contribution < 1.29 is 31.1 Å². The number of alkyl halides is 3. The number of carbonyl (C=O) groups excluding carboxylic acids is 1. The number of anilines is 1. The Morgan fingerprint density at radius 1 is 1.21 bits per heavy atom. The normalized spacial score (nSPS) is 15.5. The minimum absolute atomic E-state index is 0.0513. The molecule has 0 saturated carbocycles. The van der Waals surface area contributed by atoms with Gasteiger partial charge in [0.15, 0.2) is 0 Å². The number of carbonyl (C=O) groups is 1. The summed E-state index contributed by atoms with van der Waals surface area (Å²) in [4.78, 5) is 13.0. The molecule has 0 spiro atoms. The molecular formula is C21H19ClF3N3O4S. The lowest BCUT2D eigenvalue weighted by atomic mass is 10.1. The summed E-state index contributed by atoms with van der Waals surface area (Å²) in [5.41, 5.74) is -1.12. The summed E-state index contributed by atoms with van der Waals surface area (Å²) in [6.07, 6.45) is -2.99. The van der Waals surface area contributed by atoms with Crippen molar-refractivity contribution in [2.45, 2.75) is 19.5 Å². The maximum absolute atomic E-state index is 13.0. The molecule has 33 heavy (non-hydrogen) atoms. The molecule has 2 aromatic rings. The second kappa shape index (κ2) is 9.44. The minimum atomic E-state index is -4.60. The van der Waals surface area contributed by atoms with Crippen molar-refractivity contribution in [2.75, 3.05) is 19.0 Å². The fourth-order valence-electron chi connectivity index (χ4n) is 3.07. The summed E-state index contributed by atoms with van der Waals surface area (Å²) in [5, 5.41) is 2.54. The lowest BCUT2D eigenvalue weighted by molar-refractivity contribution is -0.137. The number of methoxy groups -OCH3 is 1. The van der Waals surface area contributed by atoms with Gasteiger partial charge in [-0.25, -0.2) is 4.31 Å². The molecule has 0 fully saturated rings. The van der Waals surface area contributed by atoms with Crippen LogP contribution in [0.2, 0.25) is 5.02 Å². The van der Waals surface area contributed by atoms with E-state index in [1.165, 1.54) is 37.5 Å². The summed E-state index contributed by atoms with van der Waals surface area (Å²) in [6.45, 7) is 1.66. The molecule has 2 aromatic carbocycles. The first kappa shape index (κ1) is 24.6. The van der Waals surface area contributed by atoms with Gasteiger partial charge < -0.3 is 10.1 Å². The number of ether oxygens (including phenoxy) is 1. The standard InChI is InChI=1S/C21H19ClF3N3O4S/c1-3-9-28-18(20(29)26-15-6-4-5-14(11-15)21(23,24)25)12-17(27-33(28,30)31)13-7-8-19(32-2)16(22)10-13/h4-8,10-12H,3,9H2,1-2H3,(H,26,29). The zero-order valence-corrected chi connectivity index (χ0v) is 19.1. The molecular weight excluding hydrogens is 483 g/mol. The van der Waals surface area contributed by atoms with Crippen LogP contribution >= 0.6 is 11.6 Å². The third kappa shape index (κ3) is 5.48. The van der Waals surface area contributed by atoms with Crippen molar-refractivity contribution in [1.29, 1.82) is 0 Å². The number of allylic oxidation sites excluding steroid dienone is 1. The molecule has 0 unspecified atom stereocenters. The van der Waals surface area contributed by atoms with Crippen LogP contribution in [-0.4, -0.2) is 38.0 Å². The highest BCUT2D eigenvalue weighted by Crippen LogP contribution is 2.31. The molecule has 12 heteroatoms. The van der Waals surface area contributed by atoms with E-state index in [2.05, 4.69) is 9.71 Å². The monoisotopic (exact) mass is 501 g/mol. The van der Waals surface area contributed by atoms with E-state index in [1.54, 1.807) is 6.92 Å². The number of hydrogen-bond acceptors (Lipinski definition) is 4. The van der Waals surface area contributed by atoms with Gasteiger partial charge in [0, 0.05) is 17.8 Å². The Bertz CT molecular complexity index is 1240. The van der Waals surface area contributed by atoms with Crippen LogP contribution in [0.25, 0.3) is 0 Å². The van der Waals surface area contributed by atoms with E-state index >= 15 is 0 Å². The molecule has 176 valence electrons. The number of amides is 1. The van der Waals surface area contributed by atoms with Crippen LogP contribution in [-0.2, 0) is 21.2 Å². The van der Waals surface area contributed by atoms with Crippen molar-refractivity contribution in [1.82, 2.24) is 4.31 Å². The van der Waals surface area contributed by atoms with Gasteiger partial charge in [0.1, 0.15) is 11.4 Å². The number of rotatable bonds is 6. The van der Waals surface area contributed by atoms with Crippen LogP contribution in [0.3, 0.4) is 0 Å². The van der Waals surface area contributed by atoms with Gasteiger partial charge in [-0.05, 0) is 48.9 Å². The summed E-state index contributed by atoms with van der Waals surface area (Å²) in [7, 11) is -2.87. The molecule has 0 bridgehead atoms. The van der Waals surface area contributed by atoms with Crippen LogP contribution in [0, 0.1) is 0 Å². The first-order valence-corrected chi connectivity index (χ1v) is 11.4. The summed E-state index contributed by atoms with van der Waals surface area (Å²) < 4.78 is 74.3. The van der Waals surface area contributed by atoms with Crippen molar-refractivity contribution in [3.05, 3.63) is 70.4 Å². The number of halogens is 4. The molecule has 0 atom stereocenters. The van der Waals surface area contributed by atoms with Crippen LogP contribution < -0.4 is 10.1 Å². The first-order valence-electron chi connectivity index (χ1n) is 9.63. The average Bonchev–Trinajstić information content (AvgIpc) is 2.74. The Balaban J connectivity index is 2.02. The van der Waals surface area contributed by atoms with Gasteiger partial charge >= 0.3 is 16.4 Å². The van der Waals surface area contributed by atoms with Gasteiger partial charge in [0.2, 0.25) is 0 Å². The Morgan fingerprint density at radius 2 is 1.94 bits per heavy atom. The molecule has 3 rings (SSSR count). The fraction of sp³-hybridized carbons (Fsp3) is 0.238. The number of benzene rings is 2. The maximum Gasteiger partial charge on any atom is 0.416 e. The Labute approximate surface area is 193 Å². The fourth-order valence-corrected chi connectivity index (χ4v) is 4.63. The van der Waals surface area contributed by atoms with Crippen LogP contribution in [0.1, 0.15) is 24.5 Å². The highest BCUT2D eigenvalue weighted by molar-refractivity contribution is 7.88. The molecule has 0 aliphatic carbocycles. The highest BCUT2D eigenvalue weighted by Gasteiger charge is 2.34. The zero-order chi connectivity index (χ0) is 24.4. The average molecular weight is 502 g/mol. The van der Waals surface area contributed by atoms with E-state index < -0.39 is 27.9 Å². The largest absolute Gasteiger partial charge is 0.495 e. The molecule has 1 amide bonds. The molecule has 1 heterocycles. The molecule has 0 saturated heterocycles. The van der Waals surface area contributed by atoms with Gasteiger partial charge in [0.05, 0.1) is 23.4 Å². The van der Waals surface area contributed by atoms with Crippen molar-refractivity contribution in [3.63, 3.8) is 0 Å². The van der Waals surface area contributed by atoms with E-state index in [4.69, 9.17) is 16.3 Å². The Hall–Kier alpha value is -3.05. The van der Waals surface area contributed by atoms with Gasteiger partial charge in [-0.2, -0.15) is 21.6 Å². The summed E-state index contributed by atoms with van der Waals surface area (Å²) in [5.74, 6) is -0.544. The third-order valence-corrected chi connectivity index (χ3v) is 6.25. The van der Waals surface area contributed by atoms with Gasteiger partial charge in [-0.3, -0.25) is 4.79 Å². The summed E-state index contributed by atoms with van der Waals surface area (Å²) in [6, 6.07) is 8.51. The second-order valence-electron chi connectivity index (χ2n) is 6.94. The zero-order valence-electron chi connectivity index (χ0n) is 17.5. The van der Waals surface area contributed by atoms with Crippen molar-refractivity contribution >= 4 is 39.1 Å². The van der Waals surface area contributed by atoms with E-state index in [0.29, 0.717) is 17.7 Å². The highest BCUT2D eigenvalue weighted by atomic mass is 35.5. The van der Waals surface area contributed by atoms with Crippen LogP contribution in [0.15, 0.2) is 58.6 Å². The SMILES string of the molecule is CCCN1C(C(=O)Nc2cccc(C(F)(F)F)c2)=CC(c2ccc(OC)c(Cl)c2)=NS1(=O)=O. The Kier molecular flexibility index (Phi) is 7.03.